The van der Waals surface area contributed by atoms with Crippen molar-refractivity contribution in [1.29, 1.82) is 0 Å². The van der Waals surface area contributed by atoms with Crippen molar-refractivity contribution >= 4 is 17.3 Å². The van der Waals surface area contributed by atoms with E-state index in [0.29, 0.717) is 6.61 Å². The summed E-state index contributed by atoms with van der Waals surface area (Å²) in [6.07, 6.45) is 1.66. The molecule has 20 heavy (non-hydrogen) atoms. The van der Waals surface area contributed by atoms with E-state index in [1.807, 2.05) is 30.3 Å². The summed E-state index contributed by atoms with van der Waals surface area (Å²) in [6.45, 7) is 0.413. The molecule has 0 bridgehead atoms. The molecule has 0 aliphatic carbocycles. The third-order valence-corrected chi connectivity index (χ3v) is 3.15. The molecule has 2 aromatic rings. The zero-order chi connectivity index (χ0) is 14.4. The number of benzene rings is 2. The number of para-hydroxylation sites is 1. The lowest BCUT2D eigenvalue weighted by atomic mass is 10.1. The molecule has 0 aliphatic rings. The van der Waals surface area contributed by atoms with E-state index in [9.17, 15) is 10.1 Å². The van der Waals surface area contributed by atoms with Gasteiger partial charge in [0.05, 0.1) is 11.5 Å². The number of nitrogens with zero attached hydrogens (tertiary/aromatic N) is 1. The molecule has 0 spiro atoms. The van der Waals surface area contributed by atoms with Crippen LogP contribution in [0.2, 0.25) is 5.02 Å². The van der Waals surface area contributed by atoms with Gasteiger partial charge < -0.3 is 4.74 Å². The van der Waals surface area contributed by atoms with Crippen LogP contribution in [0.25, 0.3) is 0 Å². The molecule has 4 nitrogen and oxygen atoms in total. The highest BCUT2D eigenvalue weighted by Gasteiger charge is 2.19. The van der Waals surface area contributed by atoms with Gasteiger partial charge in [-0.3, -0.25) is 10.1 Å². The Morgan fingerprint density at radius 3 is 2.55 bits per heavy atom. The van der Waals surface area contributed by atoms with E-state index in [1.54, 1.807) is 12.1 Å². The standard InChI is InChI=1S/C15H14ClNO3/c16-13-9-4-10-14(15(13)17(18)19)20-11-5-8-12-6-2-1-3-7-12/h1-4,6-7,9-10H,5,8,11H2. The Balaban J connectivity index is 1.92. The van der Waals surface area contributed by atoms with Crippen LogP contribution in [0.15, 0.2) is 48.5 Å². The van der Waals surface area contributed by atoms with E-state index in [-0.39, 0.29) is 16.5 Å². The molecule has 0 unspecified atom stereocenters. The second-order valence-corrected chi connectivity index (χ2v) is 4.69. The average molecular weight is 292 g/mol. The van der Waals surface area contributed by atoms with Crippen LogP contribution in [0.4, 0.5) is 5.69 Å². The minimum Gasteiger partial charge on any atom is -0.487 e. The largest absolute Gasteiger partial charge is 0.487 e. The van der Waals surface area contributed by atoms with Crippen LogP contribution in [0.5, 0.6) is 5.75 Å². The maximum atomic E-state index is 10.9. The summed E-state index contributed by atoms with van der Waals surface area (Å²) in [6, 6.07) is 14.7. The molecule has 0 heterocycles. The van der Waals surface area contributed by atoms with E-state index < -0.39 is 4.92 Å². The first-order valence-corrected chi connectivity index (χ1v) is 6.66. The highest BCUT2D eigenvalue weighted by molar-refractivity contribution is 6.32. The van der Waals surface area contributed by atoms with Gasteiger partial charge in [-0.05, 0) is 30.5 Å². The highest BCUT2D eigenvalue weighted by Crippen LogP contribution is 2.34. The second kappa shape index (κ2) is 6.91. The molecule has 0 aromatic heterocycles. The number of nitro groups is 1. The Morgan fingerprint density at radius 2 is 1.85 bits per heavy atom. The van der Waals surface area contributed by atoms with Gasteiger partial charge in [-0.2, -0.15) is 0 Å². The Labute approximate surface area is 122 Å². The third kappa shape index (κ3) is 3.71. The Bertz CT molecular complexity index is 587. The number of hydrogen-bond donors (Lipinski definition) is 0. The lowest BCUT2D eigenvalue weighted by Crippen LogP contribution is -2.02. The maximum absolute atomic E-state index is 10.9. The van der Waals surface area contributed by atoms with Crippen LogP contribution in [0, 0.1) is 10.1 Å². The quantitative estimate of drug-likeness (QED) is 0.454. The molecule has 0 radical (unpaired) electrons. The van der Waals surface area contributed by atoms with Gasteiger partial charge in [-0.1, -0.05) is 48.0 Å². The molecule has 0 aliphatic heterocycles. The van der Waals surface area contributed by atoms with E-state index in [1.165, 1.54) is 11.6 Å². The molecule has 0 saturated heterocycles. The molecule has 104 valence electrons. The molecule has 0 fully saturated rings. The molecule has 2 rings (SSSR count). The summed E-state index contributed by atoms with van der Waals surface area (Å²) in [5, 5.41) is 11.0. The summed E-state index contributed by atoms with van der Waals surface area (Å²) in [5.41, 5.74) is 1.05. The van der Waals surface area contributed by atoms with Crippen molar-refractivity contribution in [2.24, 2.45) is 0 Å². The van der Waals surface area contributed by atoms with Gasteiger partial charge in [-0.25, -0.2) is 0 Å². The lowest BCUT2D eigenvalue weighted by molar-refractivity contribution is -0.385. The number of halogens is 1. The zero-order valence-electron chi connectivity index (χ0n) is 10.8. The van der Waals surface area contributed by atoms with Crippen molar-refractivity contribution in [3.8, 4) is 5.75 Å². The SMILES string of the molecule is O=[N+]([O-])c1c(Cl)cccc1OCCCc1ccccc1. The zero-order valence-corrected chi connectivity index (χ0v) is 11.5. The Morgan fingerprint density at radius 1 is 1.10 bits per heavy atom. The van der Waals surface area contributed by atoms with E-state index in [4.69, 9.17) is 16.3 Å². The second-order valence-electron chi connectivity index (χ2n) is 4.28. The minimum absolute atomic E-state index is 0.0931. The summed E-state index contributed by atoms with van der Waals surface area (Å²) >= 11 is 5.81. The van der Waals surface area contributed by atoms with Gasteiger partial charge in [0.2, 0.25) is 0 Å². The molecule has 2 aromatic carbocycles. The van der Waals surface area contributed by atoms with Crippen molar-refractivity contribution < 1.29 is 9.66 Å². The van der Waals surface area contributed by atoms with Crippen molar-refractivity contribution in [3.63, 3.8) is 0 Å². The number of aryl methyl sites for hydroxylation is 1. The van der Waals surface area contributed by atoms with E-state index >= 15 is 0 Å². The predicted octanol–water partition coefficient (Wildman–Crippen LogP) is 4.26. The predicted molar refractivity (Wildman–Crippen MR) is 78.4 cm³/mol. The summed E-state index contributed by atoms with van der Waals surface area (Å²) < 4.78 is 5.47. The van der Waals surface area contributed by atoms with Crippen molar-refractivity contribution in [2.45, 2.75) is 12.8 Å². The summed E-state index contributed by atoms with van der Waals surface area (Å²) in [4.78, 5) is 10.4. The van der Waals surface area contributed by atoms with Crippen molar-refractivity contribution in [2.75, 3.05) is 6.61 Å². The molecule has 0 amide bonds. The van der Waals surface area contributed by atoms with E-state index in [2.05, 4.69) is 0 Å². The van der Waals surface area contributed by atoms with Crippen LogP contribution in [0.1, 0.15) is 12.0 Å². The van der Waals surface area contributed by atoms with Crippen LogP contribution in [-0.2, 0) is 6.42 Å². The number of rotatable bonds is 6. The van der Waals surface area contributed by atoms with Crippen molar-refractivity contribution in [3.05, 3.63) is 69.2 Å². The average Bonchev–Trinajstić information content (AvgIpc) is 2.44. The fraction of sp³-hybridized carbons (Fsp3) is 0.200. The number of nitro benzene ring substituents is 1. The fourth-order valence-electron chi connectivity index (χ4n) is 1.89. The topological polar surface area (TPSA) is 52.4 Å². The molecular formula is C15H14ClNO3. The third-order valence-electron chi connectivity index (χ3n) is 2.84. The lowest BCUT2D eigenvalue weighted by Gasteiger charge is -2.07. The normalized spacial score (nSPS) is 10.2. The monoisotopic (exact) mass is 291 g/mol. The molecule has 0 N–H and O–H groups in total. The van der Waals surface area contributed by atoms with Crippen molar-refractivity contribution in [1.82, 2.24) is 0 Å². The summed E-state index contributed by atoms with van der Waals surface area (Å²) in [7, 11) is 0. The molecule has 0 saturated carbocycles. The molecular weight excluding hydrogens is 278 g/mol. The van der Waals surface area contributed by atoms with Gasteiger partial charge >= 0.3 is 5.69 Å². The molecule has 0 atom stereocenters. The van der Waals surface area contributed by atoms with Gasteiger partial charge in [0.25, 0.3) is 0 Å². The van der Waals surface area contributed by atoms with Gasteiger partial charge in [0.1, 0.15) is 5.02 Å². The van der Waals surface area contributed by atoms with Gasteiger partial charge in [0, 0.05) is 0 Å². The minimum atomic E-state index is -0.519. The number of hydrogen-bond acceptors (Lipinski definition) is 3. The van der Waals surface area contributed by atoms with Crippen LogP contribution in [-0.4, -0.2) is 11.5 Å². The first-order valence-electron chi connectivity index (χ1n) is 6.28. The Hall–Kier alpha value is -2.07. The highest BCUT2D eigenvalue weighted by atomic mass is 35.5. The Kier molecular flexibility index (Phi) is 4.96. The van der Waals surface area contributed by atoms with Crippen LogP contribution < -0.4 is 4.74 Å². The summed E-state index contributed by atoms with van der Waals surface area (Å²) in [5.74, 6) is 0.218. The van der Waals surface area contributed by atoms with E-state index in [0.717, 1.165) is 12.8 Å². The van der Waals surface area contributed by atoms with Crippen LogP contribution in [0.3, 0.4) is 0 Å². The first kappa shape index (κ1) is 14.3. The fourth-order valence-corrected chi connectivity index (χ4v) is 2.13. The maximum Gasteiger partial charge on any atom is 0.329 e. The first-order chi connectivity index (χ1) is 9.68. The van der Waals surface area contributed by atoms with Gasteiger partial charge in [0.15, 0.2) is 5.75 Å². The molecule has 5 heteroatoms. The smallest absolute Gasteiger partial charge is 0.329 e. The number of ether oxygens (including phenoxy) is 1. The van der Waals surface area contributed by atoms with Crippen LogP contribution >= 0.6 is 11.6 Å². The van der Waals surface area contributed by atoms with Gasteiger partial charge in [-0.15, -0.1) is 0 Å².